The molecule has 0 aliphatic heterocycles. The van der Waals surface area contributed by atoms with Crippen molar-refractivity contribution < 1.29 is 9.90 Å². The molecule has 0 bridgehead atoms. The molecule has 0 aromatic heterocycles. The summed E-state index contributed by atoms with van der Waals surface area (Å²) in [5.41, 5.74) is 1.34. The number of nitrogens with zero attached hydrogens (tertiary/aromatic N) is 4. The van der Waals surface area contributed by atoms with Gasteiger partial charge in [-0.25, -0.2) is 0 Å². The van der Waals surface area contributed by atoms with E-state index in [1.165, 1.54) is 4.90 Å². The molecule has 0 atom stereocenters. The lowest BCUT2D eigenvalue weighted by Crippen LogP contribution is -2.36. The lowest BCUT2D eigenvalue weighted by molar-refractivity contribution is 0.0822. The van der Waals surface area contributed by atoms with Crippen LogP contribution in [0, 0.1) is 107 Å². The van der Waals surface area contributed by atoms with Crippen molar-refractivity contribution in [2.45, 2.75) is 13.8 Å². The molecule has 0 saturated carbocycles. The standard InChI is InChI=1S/C41H26N4O2/c1-4-7-8-9-10-11-12-13-14-15-16-17-18-19-20-23-32-45(34-33-44(5-2)6-3)41(47)36-26-29-37(30-27-36)42-43-40-38-25-22-21-24-35(38)28-31-39(40)46/h1,21-22,24-31,46H,5-6,33-34H2,2-3H3. The van der Waals surface area contributed by atoms with Gasteiger partial charge in [-0.1, -0.05) is 44.2 Å². The van der Waals surface area contributed by atoms with Gasteiger partial charge in [0.1, 0.15) is 11.4 Å². The van der Waals surface area contributed by atoms with E-state index in [0.29, 0.717) is 30.0 Å². The van der Waals surface area contributed by atoms with Gasteiger partial charge in [-0.05, 0) is 96.2 Å². The van der Waals surface area contributed by atoms with Crippen LogP contribution in [0.3, 0.4) is 0 Å². The normalized spacial score (nSPS) is 8.72. The molecule has 0 aliphatic carbocycles. The second kappa shape index (κ2) is 19.9. The molecule has 3 aromatic carbocycles. The van der Waals surface area contributed by atoms with Crippen molar-refractivity contribution in [1.82, 2.24) is 9.80 Å². The predicted octanol–water partition coefficient (Wildman–Crippen LogP) is 5.36. The molecule has 0 saturated heterocycles. The highest BCUT2D eigenvalue weighted by Crippen LogP contribution is 2.35. The lowest BCUT2D eigenvalue weighted by atomic mass is 10.1. The largest absolute Gasteiger partial charge is 0.506 e. The quantitative estimate of drug-likeness (QED) is 0.213. The number of carbonyl (C=O) groups excluding carboxylic acids is 1. The monoisotopic (exact) mass is 606 g/mol. The van der Waals surface area contributed by atoms with Gasteiger partial charge in [0.2, 0.25) is 0 Å². The molecule has 0 aliphatic rings. The van der Waals surface area contributed by atoms with E-state index in [0.717, 1.165) is 23.9 Å². The first-order valence-electron chi connectivity index (χ1n) is 14.3. The summed E-state index contributed by atoms with van der Waals surface area (Å²) < 4.78 is 0. The summed E-state index contributed by atoms with van der Waals surface area (Å²) >= 11 is 0. The van der Waals surface area contributed by atoms with Gasteiger partial charge in [0.25, 0.3) is 5.91 Å². The number of hydrogen-bond acceptors (Lipinski definition) is 5. The first-order valence-corrected chi connectivity index (χ1v) is 14.3. The summed E-state index contributed by atoms with van der Waals surface area (Å²) in [6, 6.07) is 20.6. The fourth-order valence-electron chi connectivity index (χ4n) is 3.81. The van der Waals surface area contributed by atoms with Crippen LogP contribution in [0.2, 0.25) is 0 Å². The van der Waals surface area contributed by atoms with Crippen molar-refractivity contribution in [2.24, 2.45) is 10.2 Å². The van der Waals surface area contributed by atoms with E-state index in [1.54, 1.807) is 30.3 Å². The number of azo groups is 1. The Morgan fingerprint density at radius 2 is 1.23 bits per heavy atom. The zero-order valence-corrected chi connectivity index (χ0v) is 25.8. The molecule has 0 fully saturated rings. The summed E-state index contributed by atoms with van der Waals surface area (Å²) in [5, 5.41) is 20.6. The third-order valence-corrected chi connectivity index (χ3v) is 6.18. The van der Waals surface area contributed by atoms with E-state index in [9.17, 15) is 9.90 Å². The van der Waals surface area contributed by atoms with Crippen LogP contribution in [-0.4, -0.2) is 47.0 Å². The Morgan fingerprint density at radius 1 is 0.681 bits per heavy atom. The fraction of sp³-hybridized carbons (Fsp3) is 0.146. The van der Waals surface area contributed by atoms with E-state index in [1.807, 2.05) is 30.3 Å². The van der Waals surface area contributed by atoms with Gasteiger partial charge in [-0.3, -0.25) is 9.69 Å². The van der Waals surface area contributed by atoms with Crippen LogP contribution in [0.25, 0.3) is 10.8 Å². The van der Waals surface area contributed by atoms with Gasteiger partial charge >= 0.3 is 0 Å². The summed E-state index contributed by atoms with van der Waals surface area (Å²) in [5.74, 6) is 39.8. The minimum atomic E-state index is -0.272. The summed E-state index contributed by atoms with van der Waals surface area (Å²) in [7, 11) is 0. The van der Waals surface area contributed by atoms with E-state index >= 15 is 0 Å². The molecule has 3 rings (SSSR count). The van der Waals surface area contributed by atoms with Crippen molar-refractivity contribution in [3.05, 3.63) is 66.2 Å². The highest BCUT2D eigenvalue weighted by molar-refractivity contribution is 5.96. The number of fused-ring (bicyclic) bond motifs is 1. The maximum atomic E-state index is 13.4. The number of benzene rings is 3. The molecule has 0 spiro atoms. The highest BCUT2D eigenvalue weighted by atomic mass is 16.3. The van der Waals surface area contributed by atoms with Gasteiger partial charge in [0, 0.05) is 77.4 Å². The van der Waals surface area contributed by atoms with Gasteiger partial charge in [0.05, 0.1) is 5.69 Å². The first-order chi connectivity index (χ1) is 23.1. The molecule has 1 N–H and O–H groups in total. The first kappa shape index (κ1) is 34.3. The van der Waals surface area contributed by atoms with E-state index in [2.05, 4.69) is 130 Å². The number of rotatable bonds is 8. The van der Waals surface area contributed by atoms with Crippen LogP contribution in [0.15, 0.2) is 70.9 Å². The van der Waals surface area contributed by atoms with Crippen LogP contribution in [0.1, 0.15) is 24.2 Å². The Morgan fingerprint density at radius 3 is 1.81 bits per heavy atom. The van der Waals surface area contributed by atoms with Crippen LogP contribution < -0.4 is 0 Å². The van der Waals surface area contributed by atoms with Gasteiger partial charge < -0.3 is 10.0 Å². The number of hydrogen-bond donors (Lipinski definition) is 1. The van der Waals surface area contributed by atoms with Gasteiger partial charge in [-0.15, -0.1) is 11.5 Å². The van der Waals surface area contributed by atoms with Crippen LogP contribution >= 0.6 is 0 Å². The molecular weight excluding hydrogens is 580 g/mol. The maximum Gasteiger partial charge on any atom is 0.265 e. The Hall–Kier alpha value is -7.21. The zero-order valence-electron chi connectivity index (χ0n) is 25.8. The lowest BCUT2D eigenvalue weighted by Gasteiger charge is -2.22. The number of aromatic hydroxyl groups is 1. The second-order valence-corrected chi connectivity index (χ2v) is 9.02. The predicted molar refractivity (Wildman–Crippen MR) is 186 cm³/mol. The maximum absolute atomic E-state index is 13.4. The number of amides is 1. The highest BCUT2D eigenvalue weighted by Gasteiger charge is 2.15. The van der Waals surface area contributed by atoms with E-state index < -0.39 is 0 Å². The zero-order chi connectivity index (χ0) is 33.5. The second-order valence-electron chi connectivity index (χ2n) is 9.02. The molecule has 6 heteroatoms. The number of phenolic OH excluding ortho intramolecular Hbond substituents is 1. The van der Waals surface area contributed by atoms with Crippen molar-refractivity contribution in [2.75, 3.05) is 26.2 Å². The summed E-state index contributed by atoms with van der Waals surface area (Å²) in [4.78, 5) is 17.0. The van der Waals surface area contributed by atoms with Crippen molar-refractivity contribution >= 4 is 28.1 Å². The van der Waals surface area contributed by atoms with Crippen molar-refractivity contribution in [3.63, 3.8) is 0 Å². The fourth-order valence-corrected chi connectivity index (χ4v) is 3.81. The number of carbonyl (C=O) groups is 1. The van der Waals surface area contributed by atoms with Crippen molar-refractivity contribution in [3.8, 4) is 113 Å². The Balaban J connectivity index is 1.70. The van der Waals surface area contributed by atoms with Gasteiger partial charge in [0.15, 0.2) is 0 Å². The third kappa shape index (κ3) is 11.8. The molecule has 47 heavy (non-hydrogen) atoms. The van der Waals surface area contributed by atoms with E-state index in [4.69, 9.17) is 6.42 Å². The molecule has 222 valence electrons. The van der Waals surface area contributed by atoms with Crippen LogP contribution in [0.4, 0.5) is 11.4 Å². The average Bonchev–Trinajstić information content (AvgIpc) is 3.10. The Bertz CT molecular complexity index is 2210. The summed E-state index contributed by atoms with van der Waals surface area (Å²) in [6.07, 6.45) is 4.97. The molecule has 0 unspecified atom stereocenters. The summed E-state index contributed by atoms with van der Waals surface area (Å²) in [6.45, 7) is 6.86. The molecule has 6 nitrogen and oxygen atoms in total. The molecular formula is C41H26N4O2. The number of likely N-dealkylation sites (N-methyl/N-ethyl adjacent to an activating group) is 1. The number of phenols is 1. The Labute approximate surface area is 276 Å². The Kier molecular flexibility index (Phi) is 14.5. The minimum Gasteiger partial charge on any atom is -0.506 e. The minimum absolute atomic E-state index is 0.0332. The topological polar surface area (TPSA) is 68.5 Å². The molecule has 0 heterocycles. The van der Waals surface area contributed by atoms with Gasteiger partial charge in [-0.2, -0.15) is 5.11 Å². The molecule has 0 radical (unpaired) electrons. The molecule has 1 amide bonds. The smallest absolute Gasteiger partial charge is 0.265 e. The average molecular weight is 607 g/mol. The van der Waals surface area contributed by atoms with E-state index in [-0.39, 0.29) is 11.7 Å². The SMILES string of the molecule is C#CC#CC#CC#CC#CC#CC#CC#CC#CN(CCN(CC)CC)C(=O)c1ccc(N=Nc2c(O)ccc3ccccc23)cc1. The molecule has 3 aromatic rings. The number of terminal acetylenes is 1. The van der Waals surface area contributed by atoms with Crippen LogP contribution in [-0.2, 0) is 0 Å². The van der Waals surface area contributed by atoms with Crippen molar-refractivity contribution in [1.29, 1.82) is 0 Å². The van der Waals surface area contributed by atoms with Crippen LogP contribution in [0.5, 0.6) is 5.75 Å². The third-order valence-electron chi connectivity index (χ3n) is 6.18.